The summed E-state index contributed by atoms with van der Waals surface area (Å²) in [6.45, 7) is 0. The second-order valence-corrected chi connectivity index (χ2v) is 0. The van der Waals surface area contributed by atoms with Gasteiger partial charge in [-0.2, -0.15) is 0 Å². The molecule has 0 N–H and O–H groups in total. The van der Waals surface area contributed by atoms with E-state index >= 15 is 0 Å². The van der Waals surface area contributed by atoms with Crippen molar-refractivity contribution in [1.82, 2.24) is 0 Å². The fraction of sp³-hybridized carbons (Fsp3) is 0. The Morgan fingerprint density at radius 2 is 0.500 bits per heavy atom. The van der Waals surface area contributed by atoms with E-state index in [1.54, 1.807) is 0 Å². The van der Waals surface area contributed by atoms with Gasteiger partial charge in [0.25, 0.3) is 0 Å². The van der Waals surface area contributed by atoms with Crippen molar-refractivity contribution >= 4 is 0 Å². The second kappa shape index (κ2) is 26.1. The van der Waals surface area contributed by atoms with E-state index < -0.39 is 0 Å². The van der Waals surface area contributed by atoms with E-state index in [2.05, 4.69) is 0 Å². The maximum absolute atomic E-state index is 0. The molecule has 0 bridgehead atoms. The van der Waals surface area contributed by atoms with Gasteiger partial charge in [-0.25, -0.2) is 0 Å². The molecule has 0 radical (unpaired) electrons. The number of hydrogen-bond donors (Lipinski definition) is 0. The summed E-state index contributed by atoms with van der Waals surface area (Å²) >= 11 is 0. The third-order valence-corrected chi connectivity index (χ3v) is 0. The first-order valence-electron chi connectivity index (χ1n) is 0. The Bertz CT molecular complexity index is 3.25. The van der Waals surface area contributed by atoms with Crippen LogP contribution in [0.4, 0.5) is 0 Å². The van der Waals surface area contributed by atoms with Crippen LogP contribution in [0.25, 0.3) is 0 Å². The van der Waals surface area contributed by atoms with Crippen LogP contribution in [0.15, 0.2) is 0 Å². The molecular weight excluding hydrogens is 170 g/mol. The summed E-state index contributed by atoms with van der Waals surface area (Å²) in [7, 11) is 0. The number of rotatable bonds is 0. The van der Waals surface area contributed by atoms with Gasteiger partial charge in [-0.1, -0.05) is 0 Å². The largest absolute Gasteiger partial charge is 3.00 e. The molecule has 4 heteroatoms. The molecule has 0 unspecified atom stereocenters. The smallest absolute Gasteiger partial charge is 1.00 e. The van der Waals surface area contributed by atoms with Crippen LogP contribution in [0.5, 0.6) is 0 Å². The van der Waals surface area contributed by atoms with Crippen molar-refractivity contribution in [1.29, 1.82) is 0 Å². The quantitative estimate of drug-likeness (QED) is 0.317. The fourth-order valence-corrected chi connectivity index (χ4v) is 0. The molecule has 0 saturated carbocycles. The molecule has 4 heavy (non-hydrogen) atoms. The van der Waals surface area contributed by atoms with E-state index in [4.69, 9.17) is 0 Å². The van der Waals surface area contributed by atoms with Crippen LogP contribution in [0.2, 0.25) is 0 Å². The van der Waals surface area contributed by atoms with Gasteiger partial charge in [-0.15, -0.1) is 0 Å². The normalized spacial score (nSPS) is 0. The van der Waals surface area contributed by atoms with Gasteiger partial charge in [-0.3, -0.25) is 0 Å². The first-order valence-corrected chi connectivity index (χ1v) is 0. The van der Waals surface area contributed by atoms with Crippen LogP contribution >= 0.6 is 0 Å². The maximum atomic E-state index is 0. The van der Waals surface area contributed by atoms with E-state index in [0.29, 0.717) is 0 Å². The van der Waals surface area contributed by atoms with Gasteiger partial charge in [0.05, 0.1) is 0 Å². The Hall–Kier alpha value is 1.39. The monoisotopic (exact) mass is 168 g/mol. The van der Waals surface area contributed by atoms with Crippen molar-refractivity contribution in [2.24, 2.45) is 0 Å². The zero-order valence-electron chi connectivity index (χ0n) is 1.44. The molecule has 0 spiro atoms. The van der Waals surface area contributed by atoms with Crippen LogP contribution in [0, 0.1) is 0 Å². The molecule has 0 aromatic heterocycles. The molecule has 0 fully saturated rings. The third kappa shape index (κ3) is 10.0. The molecule has 0 aliphatic heterocycles. The van der Waals surface area contributed by atoms with Gasteiger partial charge >= 0.3 is 17.1 Å². The van der Waals surface area contributed by atoms with Gasteiger partial charge in [-0.05, 0) is 0 Å². The van der Waals surface area contributed by atoms with Crippen LogP contribution in [0.3, 0.4) is 0 Å². The molecule has 0 aliphatic carbocycles. The molecule has 0 aromatic carbocycles. The summed E-state index contributed by atoms with van der Waals surface area (Å²) in [6, 6.07) is 0. The van der Waals surface area contributed by atoms with Crippen molar-refractivity contribution in [3.8, 4) is 0 Å². The van der Waals surface area contributed by atoms with Crippen LogP contribution < -0.4 is 37.2 Å². The number of halogens is 3. The average Bonchev–Trinajstić information content (AvgIpc) is 0. The maximum Gasteiger partial charge on any atom is 3.00 e. The Morgan fingerprint density at radius 1 is 0.500 bits per heavy atom. The minimum absolute atomic E-state index is 0. The predicted molar refractivity (Wildman–Crippen MR) is 0 cm³/mol. The van der Waals surface area contributed by atoms with Gasteiger partial charge in [0.2, 0.25) is 0 Å². The minimum Gasteiger partial charge on any atom is -1.00 e. The molecule has 0 saturated heterocycles. The van der Waals surface area contributed by atoms with Gasteiger partial charge < -0.3 is 37.2 Å². The summed E-state index contributed by atoms with van der Waals surface area (Å²) in [5, 5.41) is 0. The van der Waals surface area contributed by atoms with Gasteiger partial charge in [0.1, 0.15) is 0 Å². The predicted octanol–water partition coefficient (Wildman–Crippen LogP) is -8.99. The summed E-state index contributed by atoms with van der Waals surface area (Å²) in [5.41, 5.74) is 0. The topological polar surface area (TPSA) is 0 Å². The molecular formula is Cl3Cu. The van der Waals surface area contributed by atoms with Gasteiger partial charge in [0.15, 0.2) is 0 Å². The molecule has 0 aromatic rings. The summed E-state index contributed by atoms with van der Waals surface area (Å²) < 4.78 is 0. The molecule has 32 valence electrons. The van der Waals surface area contributed by atoms with Crippen molar-refractivity contribution < 1.29 is 54.3 Å². The molecule has 0 atom stereocenters. The Labute approximate surface area is 54.4 Å². The Morgan fingerprint density at radius 3 is 0.500 bits per heavy atom. The van der Waals surface area contributed by atoms with Crippen molar-refractivity contribution in [3.63, 3.8) is 0 Å². The third-order valence-electron chi connectivity index (χ3n) is 0. The SMILES string of the molecule is [Cl-].[Cl-].[Cl-].[Cu+3]. The summed E-state index contributed by atoms with van der Waals surface area (Å²) in [6.07, 6.45) is 0. The minimum atomic E-state index is 0. The van der Waals surface area contributed by atoms with E-state index in [0.717, 1.165) is 0 Å². The van der Waals surface area contributed by atoms with Crippen LogP contribution in [-0.2, 0) is 17.1 Å². The van der Waals surface area contributed by atoms with Crippen molar-refractivity contribution in [3.05, 3.63) is 0 Å². The fourth-order valence-electron chi connectivity index (χ4n) is 0. The first kappa shape index (κ1) is 53.8. The van der Waals surface area contributed by atoms with Gasteiger partial charge in [0, 0.05) is 0 Å². The van der Waals surface area contributed by atoms with E-state index in [1.807, 2.05) is 0 Å². The Balaban J connectivity index is 0. The molecule has 0 nitrogen and oxygen atoms in total. The molecule has 0 amide bonds. The first-order chi connectivity index (χ1) is 0. The molecule has 0 rings (SSSR count). The van der Waals surface area contributed by atoms with Crippen molar-refractivity contribution in [2.75, 3.05) is 0 Å². The second-order valence-electron chi connectivity index (χ2n) is 0. The van der Waals surface area contributed by atoms with E-state index in [-0.39, 0.29) is 54.3 Å². The summed E-state index contributed by atoms with van der Waals surface area (Å²) in [5.74, 6) is 0. The number of hydrogen-bond acceptors (Lipinski definition) is 0. The van der Waals surface area contributed by atoms with Crippen molar-refractivity contribution in [2.45, 2.75) is 0 Å². The standard InChI is InChI=1S/3ClH.Cu/h3*1H;/q;;;+3/p-3. The van der Waals surface area contributed by atoms with E-state index in [1.165, 1.54) is 0 Å². The Kier molecular flexibility index (Phi) is 351. The molecule has 0 heterocycles. The molecule has 0 aliphatic rings. The van der Waals surface area contributed by atoms with Crippen LogP contribution in [-0.4, -0.2) is 0 Å². The van der Waals surface area contributed by atoms with Crippen LogP contribution in [0.1, 0.15) is 0 Å². The zero-order chi connectivity index (χ0) is 0. The summed E-state index contributed by atoms with van der Waals surface area (Å²) in [4.78, 5) is 0. The zero-order valence-corrected chi connectivity index (χ0v) is 4.64. The van der Waals surface area contributed by atoms with E-state index in [9.17, 15) is 0 Å². The average molecular weight is 170 g/mol.